The smallest absolute Gasteiger partial charge is 0.422 e. The molecule has 12 nitrogen and oxygen atoms in total. The predicted molar refractivity (Wildman–Crippen MR) is 152 cm³/mol. The second-order valence-corrected chi connectivity index (χ2v) is 9.18. The fraction of sp³-hybridized carbons (Fsp3) is 0.200. The van der Waals surface area contributed by atoms with Gasteiger partial charge in [-0.05, 0) is 23.3 Å². The van der Waals surface area contributed by atoms with Crippen LogP contribution in [0.25, 0.3) is 0 Å². The monoisotopic (exact) mass is 623 g/mol. The highest BCUT2D eigenvalue weighted by molar-refractivity contribution is 6.34. The molecule has 0 aliphatic carbocycles. The van der Waals surface area contributed by atoms with Crippen LogP contribution in [0.5, 0.6) is 0 Å². The summed E-state index contributed by atoms with van der Waals surface area (Å²) < 4.78 is 40.5. The van der Waals surface area contributed by atoms with Gasteiger partial charge in [-0.1, -0.05) is 60.7 Å². The number of rotatable bonds is 9. The maximum absolute atomic E-state index is 12.2. The maximum atomic E-state index is 12.2. The molecule has 0 atom stereocenters. The first-order chi connectivity index (χ1) is 21.5. The van der Waals surface area contributed by atoms with Gasteiger partial charge < -0.3 is 20.3 Å². The average molecular weight is 624 g/mol. The summed E-state index contributed by atoms with van der Waals surface area (Å²) in [6.45, 7) is -1.55. The number of hydrogen-bond donors (Lipinski definition) is 1. The minimum Gasteiger partial charge on any atom is -0.449 e. The molecule has 4 rings (SSSR count). The molecule has 0 aliphatic rings. The van der Waals surface area contributed by atoms with E-state index in [1.54, 1.807) is 54.9 Å². The number of hydrogen-bond acceptors (Lipinski definition) is 9. The number of halogens is 3. The fourth-order valence-corrected chi connectivity index (χ4v) is 3.67. The molecule has 0 bridgehead atoms. The number of nitrogens with zero attached hydrogens (tertiary/aromatic N) is 6. The van der Waals surface area contributed by atoms with Crippen molar-refractivity contribution in [2.75, 3.05) is 6.61 Å². The van der Waals surface area contributed by atoms with Crippen molar-refractivity contribution in [3.8, 4) is 0 Å². The third-order valence-corrected chi connectivity index (χ3v) is 5.66. The lowest BCUT2D eigenvalue weighted by Crippen LogP contribution is -2.39. The van der Waals surface area contributed by atoms with E-state index in [0.717, 1.165) is 10.5 Å². The first-order valence-electron chi connectivity index (χ1n) is 13.2. The SMILES string of the molecule is NC(=O)C(=O)N(Cc1ccccc1)Cc1ncccn1.O=C(OCC(F)(F)F)C(=O)N(Cc1ccccc1)Cc1ncccn1. The van der Waals surface area contributed by atoms with E-state index in [-0.39, 0.29) is 32.0 Å². The summed E-state index contributed by atoms with van der Waals surface area (Å²) in [5, 5.41) is 0. The van der Waals surface area contributed by atoms with Gasteiger partial charge >= 0.3 is 29.9 Å². The van der Waals surface area contributed by atoms with Crippen molar-refractivity contribution in [1.29, 1.82) is 0 Å². The molecule has 0 saturated carbocycles. The number of benzene rings is 2. The largest absolute Gasteiger partial charge is 0.449 e. The molecule has 234 valence electrons. The van der Waals surface area contributed by atoms with Crippen molar-refractivity contribution >= 4 is 23.7 Å². The van der Waals surface area contributed by atoms with E-state index in [0.29, 0.717) is 11.4 Å². The molecule has 0 spiro atoms. The molecule has 4 aromatic rings. The van der Waals surface area contributed by atoms with Crippen LogP contribution in [0.1, 0.15) is 22.8 Å². The average Bonchev–Trinajstić information content (AvgIpc) is 3.04. The number of esters is 1. The first kappa shape index (κ1) is 33.8. The Morgan fingerprint density at radius 1 is 0.622 bits per heavy atom. The van der Waals surface area contributed by atoms with Crippen LogP contribution < -0.4 is 5.73 Å². The van der Waals surface area contributed by atoms with Gasteiger partial charge in [0.15, 0.2) is 6.61 Å². The first-order valence-corrected chi connectivity index (χ1v) is 13.2. The molecule has 0 aliphatic heterocycles. The quantitative estimate of drug-likeness (QED) is 0.218. The molecular weight excluding hydrogens is 595 g/mol. The third-order valence-electron chi connectivity index (χ3n) is 5.66. The Bertz CT molecular complexity index is 1450. The Morgan fingerprint density at radius 3 is 1.40 bits per heavy atom. The van der Waals surface area contributed by atoms with Crippen LogP contribution in [0.15, 0.2) is 97.6 Å². The van der Waals surface area contributed by atoms with Crippen molar-refractivity contribution in [2.45, 2.75) is 32.4 Å². The molecule has 2 aromatic carbocycles. The highest BCUT2D eigenvalue weighted by Gasteiger charge is 2.33. The number of amides is 3. The molecule has 45 heavy (non-hydrogen) atoms. The van der Waals surface area contributed by atoms with Gasteiger partial charge in [-0.3, -0.25) is 14.4 Å². The van der Waals surface area contributed by atoms with Crippen molar-refractivity contribution in [2.24, 2.45) is 5.73 Å². The Balaban J connectivity index is 0.000000251. The minimum atomic E-state index is -4.71. The van der Waals surface area contributed by atoms with Crippen LogP contribution in [-0.4, -0.2) is 66.2 Å². The normalized spacial score (nSPS) is 10.6. The Labute approximate surface area is 255 Å². The number of carbonyl (C=O) groups is 4. The summed E-state index contributed by atoms with van der Waals surface area (Å²) in [5.41, 5.74) is 6.66. The lowest BCUT2D eigenvalue weighted by Gasteiger charge is -2.21. The minimum absolute atomic E-state index is 0.000947. The van der Waals surface area contributed by atoms with Crippen molar-refractivity contribution < 1.29 is 37.1 Å². The van der Waals surface area contributed by atoms with Gasteiger partial charge in [-0.2, -0.15) is 13.2 Å². The summed E-state index contributed by atoms with van der Waals surface area (Å²) in [6, 6.07) is 21.3. The highest BCUT2D eigenvalue weighted by atomic mass is 19.4. The van der Waals surface area contributed by atoms with Crippen molar-refractivity contribution in [3.63, 3.8) is 0 Å². The third kappa shape index (κ3) is 12.2. The molecule has 0 unspecified atom stereocenters. The van der Waals surface area contributed by atoms with Crippen LogP contribution in [0.3, 0.4) is 0 Å². The Kier molecular flexibility index (Phi) is 12.6. The molecule has 3 amide bonds. The van der Waals surface area contributed by atoms with Crippen LogP contribution in [-0.2, 0) is 50.1 Å². The van der Waals surface area contributed by atoms with E-state index in [9.17, 15) is 32.3 Å². The number of aromatic nitrogens is 4. The van der Waals surface area contributed by atoms with Crippen LogP contribution in [0.4, 0.5) is 13.2 Å². The molecule has 0 fully saturated rings. The van der Waals surface area contributed by atoms with E-state index < -0.39 is 36.5 Å². The Hall–Kier alpha value is -5.73. The van der Waals surface area contributed by atoms with Gasteiger partial charge in [0.05, 0.1) is 13.1 Å². The lowest BCUT2D eigenvalue weighted by molar-refractivity contribution is -0.189. The molecule has 15 heteroatoms. The van der Waals surface area contributed by atoms with Crippen molar-refractivity contribution in [1.82, 2.24) is 29.7 Å². The molecule has 2 N–H and O–H groups in total. The summed E-state index contributed by atoms with van der Waals surface area (Å²) in [4.78, 5) is 65.2. The van der Waals surface area contributed by atoms with Crippen LogP contribution >= 0.6 is 0 Å². The van der Waals surface area contributed by atoms with Gasteiger partial charge in [-0.25, -0.2) is 24.7 Å². The van der Waals surface area contributed by atoms with E-state index in [4.69, 9.17) is 5.73 Å². The van der Waals surface area contributed by atoms with Gasteiger partial charge in [0.25, 0.3) is 0 Å². The van der Waals surface area contributed by atoms with E-state index >= 15 is 0 Å². The highest BCUT2D eigenvalue weighted by Crippen LogP contribution is 2.15. The zero-order chi connectivity index (χ0) is 32.7. The standard InChI is InChI=1S/C16H14F3N3O3.C14H14N4O2/c17-16(18,19)11-25-15(24)14(23)22(9-12-5-2-1-3-6-12)10-13-20-7-4-8-21-13;15-13(19)14(20)18(9-11-5-2-1-3-6-11)10-12-16-7-4-8-17-12/h1-8H,9-11H2;1-8H,9-10H2,(H2,15,19). The molecule has 2 aromatic heterocycles. The lowest BCUT2D eigenvalue weighted by atomic mass is 10.2. The van der Waals surface area contributed by atoms with Crippen LogP contribution in [0, 0.1) is 0 Å². The second kappa shape index (κ2) is 16.8. The Morgan fingerprint density at radius 2 is 1.02 bits per heavy atom. The number of primary amides is 1. The van der Waals surface area contributed by atoms with E-state index in [2.05, 4.69) is 24.7 Å². The summed E-state index contributed by atoms with van der Waals surface area (Å²) in [7, 11) is 0. The molecule has 0 saturated heterocycles. The van der Waals surface area contributed by atoms with Crippen LogP contribution in [0.2, 0.25) is 0 Å². The zero-order valence-corrected chi connectivity index (χ0v) is 23.7. The summed E-state index contributed by atoms with van der Waals surface area (Å²) in [5.74, 6) is -3.81. The topological polar surface area (TPSA) is 162 Å². The fourth-order valence-electron chi connectivity index (χ4n) is 3.67. The number of ether oxygens (including phenoxy) is 1. The van der Waals surface area contributed by atoms with Gasteiger partial charge in [-0.15, -0.1) is 0 Å². The zero-order valence-electron chi connectivity index (χ0n) is 23.7. The number of nitrogens with two attached hydrogens (primary N) is 1. The van der Waals surface area contributed by atoms with Gasteiger partial charge in [0.2, 0.25) is 0 Å². The maximum Gasteiger partial charge on any atom is 0.422 e. The summed E-state index contributed by atoms with van der Waals surface area (Å²) >= 11 is 0. The van der Waals surface area contributed by atoms with Gasteiger partial charge in [0.1, 0.15) is 11.6 Å². The van der Waals surface area contributed by atoms with Crippen molar-refractivity contribution in [3.05, 3.63) is 120 Å². The second-order valence-electron chi connectivity index (χ2n) is 9.18. The predicted octanol–water partition coefficient (Wildman–Crippen LogP) is 2.60. The molecule has 2 heterocycles. The number of alkyl halides is 3. The van der Waals surface area contributed by atoms with E-state index in [1.165, 1.54) is 17.3 Å². The molecule has 0 radical (unpaired) electrons. The molecular formula is C30H28F3N7O5. The van der Waals surface area contributed by atoms with E-state index in [1.807, 2.05) is 30.3 Å². The van der Waals surface area contributed by atoms with Gasteiger partial charge in [0, 0.05) is 37.9 Å². The number of carbonyl (C=O) groups excluding carboxylic acids is 4. The summed E-state index contributed by atoms with van der Waals surface area (Å²) in [6.07, 6.45) is 1.36.